The molecule has 0 radical (unpaired) electrons. The molecule has 2 aromatic rings. The molecule has 0 bridgehead atoms. The second-order valence-electron chi connectivity index (χ2n) is 7.60. The van der Waals surface area contributed by atoms with Crippen LogP contribution in [-0.4, -0.2) is 12.6 Å². The van der Waals surface area contributed by atoms with Gasteiger partial charge in [0.25, 0.3) is 0 Å². The highest BCUT2D eigenvalue weighted by Crippen LogP contribution is 2.29. The number of benzene rings is 2. The number of hydrogen-bond donors (Lipinski definition) is 1. The van der Waals surface area contributed by atoms with Crippen LogP contribution in [0.4, 0.5) is 0 Å². The Kier molecular flexibility index (Phi) is 7.99. The SMILES string of the molecule is CC(C)Oc1ccc(C(CCNC(C)c2ccc(Cl)cc2)C(C)C)cc1. The van der Waals surface area contributed by atoms with Crippen LogP contribution in [0.2, 0.25) is 5.02 Å². The molecule has 0 aromatic heterocycles. The standard InChI is InChI=1S/C23H32ClNO/c1-16(2)23(20-8-12-22(13-9-20)26-17(3)4)14-15-25-18(5)19-6-10-21(24)11-7-19/h6-13,16-18,23,25H,14-15H2,1-5H3. The van der Waals surface area contributed by atoms with Gasteiger partial charge in [-0.2, -0.15) is 0 Å². The van der Waals surface area contributed by atoms with Gasteiger partial charge in [-0.1, -0.05) is 49.7 Å². The minimum Gasteiger partial charge on any atom is -0.491 e. The maximum atomic E-state index is 5.97. The van der Waals surface area contributed by atoms with Crippen molar-refractivity contribution in [1.82, 2.24) is 5.32 Å². The Morgan fingerprint density at radius 2 is 1.42 bits per heavy atom. The molecule has 2 aromatic carbocycles. The van der Waals surface area contributed by atoms with Crippen LogP contribution < -0.4 is 10.1 Å². The van der Waals surface area contributed by atoms with Crippen molar-refractivity contribution in [3.63, 3.8) is 0 Å². The van der Waals surface area contributed by atoms with Gasteiger partial charge in [0.1, 0.15) is 5.75 Å². The molecule has 142 valence electrons. The van der Waals surface area contributed by atoms with E-state index in [-0.39, 0.29) is 6.10 Å². The Bertz CT molecular complexity index is 649. The van der Waals surface area contributed by atoms with E-state index in [2.05, 4.69) is 76.3 Å². The van der Waals surface area contributed by atoms with Gasteiger partial charge >= 0.3 is 0 Å². The fourth-order valence-electron chi connectivity index (χ4n) is 3.28. The lowest BCUT2D eigenvalue weighted by atomic mass is 9.85. The molecular weight excluding hydrogens is 342 g/mol. The molecule has 2 unspecified atom stereocenters. The van der Waals surface area contributed by atoms with Crippen LogP contribution in [0.1, 0.15) is 64.1 Å². The van der Waals surface area contributed by atoms with E-state index < -0.39 is 0 Å². The second kappa shape index (κ2) is 9.99. The fourth-order valence-corrected chi connectivity index (χ4v) is 3.40. The van der Waals surface area contributed by atoms with Gasteiger partial charge in [-0.15, -0.1) is 0 Å². The summed E-state index contributed by atoms with van der Waals surface area (Å²) in [5.74, 6) is 2.08. The number of hydrogen-bond acceptors (Lipinski definition) is 2. The van der Waals surface area contributed by atoms with Crippen molar-refractivity contribution in [3.8, 4) is 5.75 Å². The number of nitrogens with one attached hydrogen (secondary N) is 1. The molecule has 1 N–H and O–H groups in total. The molecule has 0 saturated heterocycles. The minimum atomic E-state index is 0.209. The van der Waals surface area contributed by atoms with E-state index in [0.717, 1.165) is 23.7 Å². The van der Waals surface area contributed by atoms with Crippen LogP contribution >= 0.6 is 11.6 Å². The average Bonchev–Trinajstić information content (AvgIpc) is 2.59. The summed E-state index contributed by atoms with van der Waals surface area (Å²) >= 11 is 5.97. The quantitative estimate of drug-likeness (QED) is 0.534. The first-order chi connectivity index (χ1) is 12.4. The lowest BCUT2D eigenvalue weighted by molar-refractivity contribution is 0.242. The van der Waals surface area contributed by atoms with Gasteiger partial charge in [-0.05, 0) is 81.0 Å². The van der Waals surface area contributed by atoms with Crippen LogP contribution in [-0.2, 0) is 0 Å². The Balaban J connectivity index is 1.92. The Morgan fingerprint density at radius 1 is 0.846 bits per heavy atom. The Morgan fingerprint density at radius 3 is 1.96 bits per heavy atom. The molecular formula is C23H32ClNO. The smallest absolute Gasteiger partial charge is 0.119 e. The normalized spacial score (nSPS) is 13.8. The van der Waals surface area contributed by atoms with Crippen molar-refractivity contribution >= 4 is 11.6 Å². The van der Waals surface area contributed by atoms with Crippen LogP contribution in [0.25, 0.3) is 0 Å². The summed E-state index contributed by atoms with van der Waals surface area (Å²) in [6.07, 6.45) is 1.32. The van der Waals surface area contributed by atoms with Gasteiger partial charge in [0, 0.05) is 11.1 Å². The molecule has 3 heteroatoms. The highest BCUT2D eigenvalue weighted by molar-refractivity contribution is 6.30. The predicted octanol–water partition coefficient (Wildman–Crippen LogP) is 6.61. The number of rotatable bonds is 9. The van der Waals surface area contributed by atoms with Gasteiger partial charge in [-0.25, -0.2) is 0 Å². The molecule has 0 fully saturated rings. The topological polar surface area (TPSA) is 21.3 Å². The third-order valence-electron chi connectivity index (χ3n) is 4.76. The lowest BCUT2D eigenvalue weighted by Gasteiger charge is -2.23. The minimum absolute atomic E-state index is 0.209. The molecule has 2 atom stereocenters. The highest BCUT2D eigenvalue weighted by atomic mass is 35.5. The van der Waals surface area contributed by atoms with Crippen LogP contribution in [0.3, 0.4) is 0 Å². The lowest BCUT2D eigenvalue weighted by Crippen LogP contribution is -2.22. The van der Waals surface area contributed by atoms with Gasteiger partial charge in [-0.3, -0.25) is 0 Å². The third-order valence-corrected chi connectivity index (χ3v) is 5.01. The summed E-state index contributed by atoms with van der Waals surface area (Å²) in [5.41, 5.74) is 2.66. The van der Waals surface area contributed by atoms with Crippen molar-refractivity contribution in [2.45, 2.75) is 59.1 Å². The summed E-state index contributed by atoms with van der Waals surface area (Å²) in [6.45, 7) is 11.9. The highest BCUT2D eigenvalue weighted by Gasteiger charge is 2.16. The zero-order valence-electron chi connectivity index (χ0n) is 16.6. The molecule has 0 aliphatic rings. The molecule has 0 saturated carbocycles. The maximum absolute atomic E-state index is 5.97. The Hall–Kier alpha value is -1.51. The molecule has 0 amide bonds. The first kappa shape index (κ1) is 20.8. The zero-order chi connectivity index (χ0) is 19.1. The molecule has 26 heavy (non-hydrogen) atoms. The third kappa shape index (κ3) is 6.34. The summed E-state index contributed by atoms with van der Waals surface area (Å²) in [7, 11) is 0. The first-order valence-corrected chi connectivity index (χ1v) is 10.00. The van der Waals surface area contributed by atoms with Gasteiger partial charge in [0.05, 0.1) is 6.10 Å². The largest absolute Gasteiger partial charge is 0.491 e. The van der Waals surface area contributed by atoms with E-state index >= 15 is 0 Å². The maximum Gasteiger partial charge on any atom is 0.119 e. The Labute approximate surface area is 163 Å². The number of halogens is 1. The summed E-state index contributed by atoms with van der Waals surface area (Å²) < 4.78 is 5.76. The zero-order valence-corrected chi connectivity index (χ0v) is 17.4. The van der Waals surface area contributed by atoms with Gasteiger partial charge in [0.15, 0.2) is 0 Å². The van der Waals surface area contributed by atoms with Crippen molar-refractivity contribution in [2.24, 2.45) is 5.92 Å². The van der Waals surface area contributed by atoms with E-state index in [1.54, 1.807) is 0 Å². The van der Waals surface area contributed by atoms with Crippen molar-refractivity contribution < 1.29 is 4.74 Å². The molecule has 0 aliphatic heterocycles. The van der Waals surface area contributed by atoms with E-state index in [1.807, 2.05) is 12.1 Å². The summed E-state index contributed by atoms with van der Waals surface area (Å²) in [4.78, 5) is 0. The number of ether oxygens (including phenoxy) is 1. The van der Waals surface area contributed by atoms with E-state index in [0.29, 0.717) is 17.9 Å². The molecule has 0 spiro atoms. The fraction of sp³-hybridized carbons (Fsp3) is 0.478. The molecule has 2 rings (SSSR count). The van der Waals surface area contributed by atoms with E-state index in [4.69, 9.17) is 16.3 Å². The van der Waals surface area contributed by atoms with Gasteiger partial charge < -0.3 is 10.1 Å². The van der Waals surface area contributed by atoms with Crippen molar-refractivity contribution in [2.75, 3.05) is 6.54 Å². The van der Waals surface area contributed by atoms with Crippen LogP contribution in [0.15, 0.2) is 48.5 Å². The monoisotopic (exact) mass is 373 g/mol. The molecule has 2 nitrogen and oxygen atoms in total. The van der Waals surface area contributed by atoms with E-state index in [1.165, 1.54) is 11.1 Å². The average molecular weight is 374 g/mol. The van der Waals surface area contributed by atoms with Crippen molar-refractivity contribution in [1.29, 1.82) is 0 Å². The summed E-state index contributed by atoms with van der Waals surface area (Å²) in [5, 5.41) is 4.43. The predicted molar refractivity (Wildman–Crippen MR) is 112 cm³/mol. The molecule has 0 aliphatic carbocycles. The van der Waals surface area contributed by atoms with Crippen molar-refractivity contribution in [3.05, 3.63) is 64.7 Å². The van der Waals surface area contributed by atoms with E-state index in [9.17, 15) is 0 Å². The van der Waals surface area contributed by atoms with Crippen LogP contribution in [0, 0.1) is 5.92 Å². The second-order valence-corrected chi connectivity index (χ2v) is 8.04. The summed E-state index contributed by atoms with van der Waals surface area (Å²) in [6, 6.07) is 17.0. The van der Waals surface area contributed by atoms with Crippen LogP contribution in [0.5, 0.6) is 5.75 Å². The molecule has 0 heterocycles. The first-order valence-electron chi connectivity index (χ1n) is 9.62. The van der Waals surface area contributed by atoms with Gasteiger partial charge in [0.2, 0.25) is 0 Å².